The number of benzene rings is 1. The van der Waals surface area contributed by atoms with Gasteiger partial charge < -0.3 is 0 Å². The van der Waals surface area contributed by atoms with Crippen molar-refractivity contribution in [1.82, 2.24) is 4.90 Å². The molecule has 0 aliphatic carbocycles. The molecule has 1 amide bonds. The van der Waals surface area contributed by atoms with E-state index >= 15 is 0 Å². The predicted octanol–water partition coefficient (Wildman–Crippen LogP) is 6.03. The van der Waals surface area contributed by atoms with Gasteiger partial charge >= 0.3 is 154 Å². The van der Waals surface area contributed by atoms with Gasteiger partial charge in [0.15, 0.2) is 0 Å². The molecule has 0 bridgehead atoms. The van der Waals surface area contributed by atoms with Gasteiger partial charge in [0.2, 0.25) is 0 Å². The minimum absolute atomic E-state index is 0.785. The Morgan fingerprint density at radius 3 is 1.79 bits per heavy atom. The number of hydrogen-bond acceptors (Lipinski definition) is 1. The first kappa shape index (κ1) is 21.5. The number of rotatable bonds is 14. The van der Waals surface area contributed by atoms with Gasteiger partial charge in [-0.1, -0.05) is 0 Å². The van der Waals surface area contributed by atoms with Crippen molar-refractivity contribution in [2.24, 2.45) is 0 Å². The van der Waals surface area contributed by atoms with Crippen LogP contribution >= 0.6 is 0 Å². The van der Waals surface area contributed by atoms with Gasteiger partial charge in [0.05, 0.1) is 0 Å². The van der Waals surface area contributed by atoms with Crippen molar-refractivity contribution in [3.8, 4) is 0 Å². The van der Waals surface area contributed by atoms with E-state index in [-0.39, 0.29) is 0 Å². The molecule has 0 fully saturated rings. The Balaban J connectivity index is 2.85. The molecule has 0 N–H and O–H groups in total. The zero-order valence-corrected chi connectivity index (χ0v) is 19.0. The van der Waals surface area contributed by atoms with E-state index in [0.717, 1.165) is 17.5 Å². The van der Waals surface area contributed by atoms with Crippen molar-refractivity contribution in [2.45, 2.75) is 79.2 Å². The third-order valence-corrected chi connectivity index (χ3v) is 20.3. The first-order valence-electron chi connectivity index (χ1n) is 9.93. The van der Waals surface area contributed by atoms with Gasteiger partial charge in [-0.25, -0.2) is 0 Å². The molecule has 0 unspecified atom stereocenters. The number of hydrogen-bond donors (Lipinski definition) is 0. The summed E-state index contributed by atoms with van der Waals surface area (Å²) in [5.41, 5.74) is 1.26. The minimum atomic E-state index is -2.27. The average molecular weight is 438 g/mol. The maximum atomic E-state index is 11.8. The Kier molecular flexibility index (Phi) is 11.5. The number of carbonyl (C=O) groups excluding carboxylic acids is 1. The van der Waals surface area contributed by atoms with Crippen LogP contribution in [-0.2, 0) is 11.3 Å². The van der Waals surface area contributed by atoms with Crippen LogP contribution in [0.5, 0.6) is 0 Å². The van der Waals surface area contributed by atoms with Crippen LogP contribution < -0.4 is 0 Å². The summed E-state index contributed by atoms with van der Waals surface area (Å²) >= 11 is -2.27. The number of amides is 1. The summed E-state index contributed by atoms with van der Waals surface area (Å²) in [6.45, 7) is 7.70. The van der Waals surface area contributed by atoms with Crippen LogP contribution in [0.4, 0.5) is 0 Å². The van der Waals surface area contributed by atoms with Crippen molar-refractivity contribution in [3.63, 3.8) is 0 Å². The molecule has 0 radical (unpaired) electrons. The normalized spacial score (nSPS) is 11.5. The number of nitrogens with zero attached hydrogens (tertiary/aromatic N) is 1. The van der Waals surface area contributed by atoms with Crippen LogP contribution in [0.3, 0.4) is 0 Å². The molecule has 1 rings (SSSR count). The molecule has 0 aromatic heterocycles. The molecule has 3 heteroatoms. The molecule has 1 aromatic carbocycles. The summed E-state index contributed by atoms with van der Waals surface area (Å²) in [4.78, 5) is 13.9. The summed E-state index contributed by atoms with van der Waals surface area (Å²) < 4.78 is 5.51. The summed E-state index contributed by atoms with van der Waals surface area (Å²) in [5.74, 6) is 0. The Labute approximate surface area is 153 Å². The van der Waals surface area contributed by atoms with Gasteiger partial charge in [-0.2, -0.15) is 0 Å². The zero-order chi connectivity index (χ0) is 17.7. The van der Waals surface area contributed by atoms with Crippen LogP contribution in [0.15, 0.2) is 30.3 Å². The quantitative estimate of drug-likeness (QED) is 0.257. The van der Waals surface area contributed by atoms with Gasteiger partial charge in [0.1, 0.15) is 0 Å². The number of carbonyl (C=O) groups is 1. The van der Waals surface area contributed by atoms with E-state index in [9.17, 15) is 4.79 Å². The van der Waals surface area contributed by atoms with Crippen LogP contribution in [0, 0.1) is 0 Å². The van der Waals surface area contributed by atoms with Gasteiger partial charge in [-0.15, -0.1) is 0 Å². The SMILES string of the molecule is CCC[CH2][Sn]([CH2]CCC)([CH2]CCC)[CH2]N(C=O)Cc1ccccc1. The Morgan fingerprint density at radius 2 is 1.38 bits per heavy atom. The summed E-state index contributed by atoms with van der Waals surface area (Å²) in [7, 11) is 0. The van der Waals surface area contributed by atoms with Crippen molar-refractivity contribution >= 4 is 24.8 Å². The third kappa shape index (κ3) is 8.04. The van der Waals surface area contributed by atoms with Gasteiger partial charge in [-0.3, -0.25) is 0 Å². The fourth-order valence-electron chi connectivity index (χ4n) is 3.65. The van der Waals surface area contributed by atoms with Gasteiger partial charge in [-0.05, 0) is 0 Å². The van der Waals surface area contributed by atoms with Crippen LogP contribution in [-0.4, -0.2) is 34.2 Å². The molecule has 1 aromatic rings. The fourth-order valence-corrected chi connectivity index (χ4v) is 19.6. The van der Waals surface area contributed by atoms with Crippen molar-refractivity contribution in [2.75, 3.05) is 4.56 Å². The summed E-state index contributed by atoms with van der Waals surface area (Å²) in [6, 6.07) is 10.5. The molecular weight excluding hydrogens is 401 g/mol. The van der Waals surface area contributed by atoms with E-state index in [1.54, 1.807) is 0 Å². The molecule has 0 saturated carbocycles. The molecule has 136 valence electrons. The van der Waals surface area contributed by atoms with Crippen molar-refractivity contribution < 1.29 is 4.79 Å². The second-order valence-electron chi connectivity index (χ2n) is 7.31. The molecule has 24 heavy (non-hydrogen) atoms. The van der Waals surface area contributed by atoms with Gasteiger partial charge in [0.25, 0.3) is 0 Å². The Morgan fingerprint density at radius 1 is 0.875 bits per heavy atom. The molecule has 0 spiro atoms. The molecule has 2 nitrogen and oxygen atoms in total. The first-order valence-corrected chi connectivity index (χ1v) is 18.0. The zero-order valence-electron chi connectivity index (χ0n) is 16.1. The monoisotopic (exact) mass is 439 g/mol. The maximum absolute atomic E-state index is 11.8. The molecule has 0 aliphatic rings. The molecule has 0 atom stereocenters. The standard InChI is InChI=1S/C9H10NO.3C4H9.Sn/c1-10(8-11)7-9-5-3-2-4-6-9;3*1-3-4-2;/h2-6,8H,1,7H2;3*1,3-4H2,2H3;. The van der Waals surface area contributed by atoms with Crippen LogP contribution in [0.2, 0.25) is 13.3 Å². The summed E-state index contributed by atoms with van der Waals surface area (Å²) in [5, 5.41) is 0. The van der Waals surface area contributed by atoms with E-state index in [1.807, 2.05) is 6.07 Å². The molecule has 0 aliphatic heterocycles. The van der Waals surface area contributed by atoms with Gasteiger partial charge in [0, 0.05) is 0 Å². The van der Waals surface area contributed by atoms with Crippen molar-refractivity contribution in [3.05, 3.63) is 35.9 Å². The Bertz CT molecular complexity index is 413. The predicted molar refractivity (Wildman–Crippen MR) is 108 cm³/mol. The van der Waals surface area contributed by atoms with E-state index in [0.29, 0.717) is 0 Å². The molecule has 0 heterocycles. The summed E-state index contributed by atoms with van der Waals surface area (Å²) in [6.07, 6.45) is 9.07. The number of unbranched alkanes of at least 4 members (excludes halogenated alkanes) is 3. The van der Waals surface area contributed by atoms with Crippen LogP contribution in [0.1, 0.15) is 64.9 Å². The topological polar surface area (TPSA) is 20.3 Å². The van der Waals surface area contributed by atoms with Crippen LogP contribution in [0.25, 0.3) is 0 Å². The molecular formula is C21H37NOSn. The molecule has 0 saturated heterocycles. The Hall–Kier alpha value is -0.511. The van der Waals surface area contributed by atoms with Crippen molar-refractivity contribution in [1.29, 1.82) is 0 Å². The first-order chi connectivity index (χ1) is 11.7. The third-order valence-electron chi connectivity index (χ3n) is 5.10. The second kappa shape index (κ2) is 12.8. The van der Waals surface area contributed by atoms with E-state index in [1.165, 1.54) is 57.4 Å². The second-order valence-corrected chi connectivity index (χ2v) is 21.1. The van der Waals surface area contributed by atoms with E-state index in [2.05, 4.69) is 49.9 Å². The van der Waals surface area contributed by atoms with E-state index < -0.39 is 18.4 Å². The average Bonchev–Trinajstić information content (AvgIpc) is 2.63. The van der Waals surface area contributed by atoms with E-state index in [4.69, 9.17) is 0 Å². The fraction of sp³-hybridized carbons (Fsp3) is 0.667.